The van der Waals surface area contributed by atoms with Gasteiger partial charge in [0.15, 0.2) is 0 Å². The maximum absolute atomic E-state index is 12.6. The standard InChI is InChI=1S/C19H20N4O2S2/c1-10-4-7-14(8-11(10)2)25-9-15-20-12(3)16(26-15)17(24)21-19-23-22-18(27-19)13-5-6-13/h4,7-8,13H,5-6,9H2,1-3H3,(H,21,23,24). The highest BCUT2D eigenvalue weighted by Crippen LogP contribution is 2.42. The predicted molar refractivity (Wildman–Crippen MR) is 107 cm³/mol. The van der Waals surface area contributed by atoms with Crippen LogP contribution < -0.4 is 10.1 Å². The average molecular weight is 401 g/mol. The van der Waals surface area contributed by atoms with Gasteiger partial charge < -0.3 is 4.74 Å². The van der Waals surface area contributed by atoms with Crippen LogP contribution >= 0.6 is 22.7 Å². The van der Waals surface area contributed by atoms with E-state index in [1.165, 1.54) is 46.6 Å². The molecule has 1 amide bonds. The molecule has 1 aliphatic carbocycles. The zero-order valence-corrected chi connectivity index (χ0v) is 17.0. The molecule has 1 N–H and O–H groups in total. The topological polar surface area (TPSA) is 77.0 Å². The van der Waals surface area contributed by atoms with E-state index in [1.807, 2.05) is 25.1 Å². The zero-order valence-electron chi connectivity index (χ0n) is 15.4. The van der Waals surface area contributed by atoms with Crippen molar-refractivity contribution in [2.75, 3.05) is 5.32 Å². The first kappa shape index (κ1) is 18.1. The van der Waals surface area contributed by atoms with Gasteiger partial charge in [0.25, 0.3) is 5.91 Å². The second kappa shape index (κ2) is 7.36. The van der Waals surface area contributed by atoms with E-state index < -0.39 is 0 Å². The number of amides is 1. The van der Waals surface area contributed by atoms with Gasteiger partial charge in [0, 0.05) is 5.92 Å². The van der Waals surface area contributed by atoms with Gasteiger partial charge in [-0.25, -0.2) is 4.98 Å². The molecule has 0 atom stereocenters. The summed E-state index contributed by atoms with van der Waals surface area (Å²) in [5.74, 6) is 1.15. The Labute approximate surface area is 165 Å². The number of aryl methyl sites for hydroxylation is 3. The number of carbonyl (C=O) groups is 1. The Morgan fingerprint density at radius 2 is 2.00 bits per heavy atom. The molecule has 0 spiro atoms. The molecule has 1 aromatic carbocycles. The molecule has 6 nitrogen and oxygen atoms in total. The van der Waals surface area contributed by atoms with Crippen molar-refractivity contribution in [3.63, 3.8) is 0 Å². The summed E-state index contributed by atoms with van der Waals surface area (Å²) in [6, 6.07) is 5.99. The molecule has 1 fully saturated rings. The fraction of sp³-hybridized carbons (Fsp3) is 0.368. The summed E-state index contributed by atoms with van der Waals surface area (Å²) in [4.78, 5) is 17.6. The molecule has 27 heavy (non-hydrogen) atoms. The lowest BCUT2D eigenvalue weighted by Crippen LogP contribution is -2.11. The number of hydrogen-bond donors (Lipinski definition) is 1. The molecule has 0 radical (unpaired) electrons. The summed E-state index contributed by atoms with van der Waals surface area (Å²) in [5.41, 5.74) is 3.11. The highest BCUT2D eigenvalue weighted by atomic mass is 32.1. The number of thiazole rings is 1. The van der Waals surface area contributed by atoms with E-state index in [1.54, 1.807) is 0 Å². The largest absolute Gasteiger partial charge is 0.486 e. The number of anilines is 1. The van der Waals surface area contributed by atoms with E-state index in [9.17, 15) is 4.79 Å². The van der Waals surface area contributed by atoms with Gasteiger partial charge in [-0.05, 0) is 56.9 Å². The number of nitrogens with one attached hydrogen (secondary N) is 1. The van der Waals surface area contributed by atoms with Crippen molar-refractivity contribution >= 4 is 33.7 Å². The van der Waals surface area contributed by atoms with Crippen LogP contribution in [0, 0.1) is 20.8 Å². The molecule has 2 aromatic heterocycles. The van der Waals surface area contributed by atoms with Gasteiger partial charge in [0.05, 0.1) is 5.69 Å². The van der Waals surface area contributed by atoms with Gasteiger partial charge in [0.2, 0.25) is 5.13 Å². The molecule has 0 unspecified atom stereocenters. The first-order valence-electron chi connectivity index (χ1n) is 8.80. The van der Waals surface area contributed by atoms with Gasteiger partial charge >= 0.3 is 0 Å². The quantitative estimate of drug-likeness (QED) is 0.653. The van der Waals surface area contributed by atoms with Gasteiger partial charge in [0.1, 0.15) is 27.2 Å². The summed E-state index contributed by atoms with van der Waals surface area (Å²) < 4.78 is 5.83. The Balaban J connectivity index is 1.40. The second-order valence-corrected chi connectivity index (χ2v) is 8.82. The first-order chi connectivity index (χ1) is 13.0. The van der Waals surface area contributed by atoms with Gasteiger partial charge in [-0.1, -0.05) is 17.4 Å². The number of benzene rings is 1. The van der Waals surface area contributed by atoms with E-state index in [2.05, 4.69) is 34.3 Å². The minimum Gasteiger partial charge on any atom is -0.486 e. The van der Waals surface area contributed by atoms with Gasteiger partial charge in [-0.2, -0.15) is 0 Å². The smallest absolute Gasteiger partial charge is 0.269 e. The third kappa shape index (κ3) is 4.17. The van der Waals surface area contributed by atoms with E-state index in [-0.39, 0.29) is 5.91 Å². The normalized spacial score (nSPS) is 13.6. The average Bonchev–Trinajstić information content (AvgIpc) is 3.27. The number of nitrogens with zero attached hydrogens (tertiary/aromatic N) is 3. The molecule has 2 heterocycles. The van der Waals surface area contributed by atoms with Crippen LogP contribution in [0.2, 0.25) is 0 Å². The van der Waals surface area contributed by atoms with Crippen molar-refractivity contribution in [2.45, 2.75) is 46.1 Å². The van der Waals surface area contributed by atoms with Crippen LogP contribution in [0.3, 0.4) is 0 Å². The first-order valence-corrected chi connectivity index (χ1v) is 10.4. The number of carbonyl (C=O) groups excluding carboxylic acids is 1. The maximum Gasteiger partial charge on any atom is 0.269 e. The van der Waals surface area contributed by atoms with Crippen LogP contribution in [-0.2, 0) is 6.61 Å². The molecule has 0 saturated heterocycles. The summed E-state index contributed by atoms with van der Waals surface area (Å²) in [6.45, 7) is 6.30. The Kier molecular flexibility index (Phi) is 4.92. The fourth-order valence-electron chi connectivity index (χ4n) is 2.61. The lowest BCUT2D eigenvalue weighted by atomic mass is 10.1. The minimum atomic E-state index is -0.194. The molecule has 4 rings (SSSR count). The lowest BCUT2D eigenvalue weighted by Gasteiger charge is -2.06. The molecule has 3 aromatic rings. The van der Waals surface area contributed by atoms with Crippen LogP contribution in [0.4, 0.5) is 5.13 Å². The molecular weight excluding hydrogens is 380 g/mol. The SMILES string of the molecule is Cc1ccc(OCc2nc(C)c(C(=O)Nc3nnc(C4CC4)s3)s2)cc1C. The molecule has 8 heteroatoms. The van der Waals surface area contributed by atoms with Crippen molar-refractivity contribution in [3.8, 4) is 5.75 Å². The second-order valence-electron chi connectivity index (χ2n) is 6.73. The zero-order chi connectivity index (χ0) is 19.0. The highest BCUT2D eigenvalue weighted by Gasteiger charge is 2.28. The highest BCUT2D eigenvalue weighted by molar-refractivity contribution is 7.16. The van der Waals surface area contributed by atoms with Crippen LogP contribution in [0.5, 0.6) is 5.75 Å². The van der Waals surface area contributed by atoms with Crippen molar-refractivity contribution in [1.29, 1.82) is 0 Å². The van der Waals surface area contributed by atoms with Crippen molar-refractivity contribution in [3.05, 3.63) is 49.9 Å². The fourth-order valence-corrected chi connectivity index (χ4v) is 4.39. The maximum atomic E-state index is 12.6. The van der Waals surface area contributed by atoms with E-state index in [0.717, 1.165) is 15.8 Å². The van der Waals surface area contributed by atoms with Crippen molar-refractivity contribution < 1.29 is 9.53 Å². The summed E-state index contributed by atoms with van der Waals surface area (Å²) in [6.07, 6.45) is 2.33. The monoisotopic (exact) mass is 400 g/mol. The van der Waals surface area contributed by atoms with Gasteiger partial charge in [-0.3, -0.25) is 10.1 Å². The Morgan fingerprint density at radius 3 is 2.74 bits per heavy atom. The van der Waals surface area contributed by atoms with Crippen LogP contribution in [0.25, 0.3) is 0 Å². The Bertz CT molecular complexity index is 992. The van der Waals surface area contributed by atoms with E-state index in [4.69, 9.17) is 4.74 Å². The van der Waals surface area contributed by atoms with Gasteiger partial charge in [-0.15, -0.1) is 21.5 Å². The molecule has 0 bridgehead atoms. The third-order valence-electron chi connectivity index (χ3n) is 4.48. The van der Waals surface area contributed by atoms with Crippen LogP contribution in [-0.4, -0.2) is 21.1 Å². The molecular formula is C19H20N4O2S2. The number of ether oxygens (including phenoxy) is 1. The van der Waals surface area contributed by atoms with Crippen molar-refractivity contribution in [2.24, 2.45) is 0 Å². The predicted octanol–water partition coefficient (Wildman–Crippen LogP) is 4.63. The number of rotatable bonds is 6. The molecule has 0 aliphatic heterocycles. The van der Waals surface area contributed by atoms with Crippen LogP contribution in [0.1, 0.15) is 55.3 Å². The van der Waals surface area contributed by atoms with Crippen molar-refractivity contribution in [1.82, 2.24) is 15.2 Å². The minimum absolute atomic E-state index is 0.194. The molecule has 1 saturated carbocycles. The number of hydrogen-bond acceptors (Lipinski definition) is 7. The third-order valence-corrected chi connectivity index (χ3v) is 6.61. The number of aromatic nitrogens is 3. The molecule has 1 aliphatic rings. The summed E-state index contributed by atoms with van der Waals surface area (Å²) in [5, 5.41) is 13.4. The summed E-state index contributed by atoms with van der Waals surface area (Å²) >= 11 is 2.80. The lowest BCUT2D eigenvalue weighted by molar-refractivity contribution is 0.102. The van der Waals surface area contributed by atoms with E-state index >= 15 is 0 Å². The molecule has 140 valence electrons. The summed E-state index contributed by atoms with van der Waals surface area (Å²) in [7, 11) is 0. The van der Waals surface area contributed by atoms with Crippen LogP contribution in [0.15, 0.2) is 18.2 Å². The Morgan fingerprint density at radius 1 is 1.19 bits per heavy atom. The Hall–Kier alpha value is -2.32. The van der Waals surface area contributed by atoms with E-state index in [0.29, 0.717) is 28.2 Å².